The normalized spacial score (nSPS) is 12.4. The zero-order chi connectivity index (χ0) is 14.9. The Morgan fingerprint density at radius 3 is 2.82 bits per heavy atom. The van der Waals surface area contributed by atoms with Crippen LogP contribution < -0.4 is 0 Å². The maximum atomic E-state index is 4.60. The van der Waals surface area contributed by atoms with Gasteiger partial charge in [0.2, 0.25) is 0 Å². The highest BCUT2D eigenvalue weighted by molar-refractivity contribution is 5.88. The molecular formula is C19H15N3. The molecule has 0 saturated carbocycles. The zero-order valence-corrected chi connectivity index (χ0v) is 12.3. The molecule has 0 amide bonds. The molecule has 3 aromatic rings. The van der Waals surface area contributed by atoms with Gasteiger partial charge in [-0.05, 0) is 25.1 Å². The van der Waals surface area contributed by atoms with Gasteiger partial charge in [0.05, 0.1) is 17.9 Å². The molecule has 0 atom stereocenters. The fraction of sp³-hybridized carbons (Fsp3) is 0.105. The number of benzene rings is 1. The number of aromatic nitrogens is 2. The summed E-state index contributed by atoms with van der Waals surface area (Å²) in [6.45, 7) is 2.78. The number of rotatable bonds is 2. The van der Waals surface area contributed by atoms with Gasteiger partial charge in [0.1, 0.15) is 0 Å². The Balaban J connectivity index is 1.88. The largest absolute Gasteiger partial charge is 0.286 e. The van der Waals surface area contributed by atoms with Gasteiger partial charge in [-0.15, -0.1) is 0 Å². The molecule has 0 fully saturated rings. The molecule has 0 unspecified atom stereocenters. The fourth-order valence-electron chi connectivity index (χ4n) is 2.79. The van der Waals surface area contributed by atoms with Crippen LogP contribution in [0.2, 0.25) is 0 Å². The first-order chi connectivity index (χ1) is 10.8. The maximum Gasteiger partial charge on any atom is 0.0818 e. The monoisotopic (exact) mass is 285 g/mol. The van der Waals surface area contributed by atoms with Crippen molar-refractivity contribution in [1.29, 1.82) is 0 Å². The summed E-state index contributed by atoms with van der Waals surface area (Å²) in [5, 5.41) is 0. The molecule has 0 saturated heterocycles. The van der Waals surface area contributed by atoms with Crippen LogP contribution in [0.4, 0.5) is 0 Å². The third-order valence-electron chi connectivity index (χ3n) is 3.89. The molecule has 1 aliphatic heterocycles. The first-order valence-corrected chi connectivity index (χ1v) is 7.32. The minimum atomic E-state index is 0.688. The van der Waals surface area contributed by atoms with Crippen molar-refractivity contribution in [3.05, 3.63) is 71.7 Å². The molecule has 2 aromatic heterocycles. The van der Waals surface area contributed by atoms with E-state index in [2.05, 4.69) is 58.3 Å². The van der Waals surface area contributed by atoms with Crippen LogP contribution >= 0.6 is 0 Å². The minimum Gasteiger partial charge on any atom is -0.286 e. The molecule has 0 N–H and O–H groups in total. The zero-order valence-electron chi connectivity index (χ0n) is 12.3. The van der Waals surface area contributed by atoms with Crippen molar-refractivity contribution in [2.45, 2.75) is 13.5 Å². The second-order valence-corrected chi connectivity index (χ2v) is 5.50. The maximum absolute atomic E-state index is 4.60. The Labute approximate surface area is 129 Å². The van der Waals surface area contributed by atoms with Crippen molar-refractivity contribution in [3.8, 4) is 22.4 Å². The van der Waals surface area contributed by atoms with Crippen molar-refractivity contribution in [2.24, 2.45) is 4.99 Å². The van der Waals surface area contributed by atoms with Crippen molar-refractivity contribution in [3.63, 3.8) is 0 Å². The van der Waals surface area contributed by atoms with Crippen LogP contribution in [-0.2, 0) is 6.54 Å². The van der Waals surface area contributed by atoms with E-state index in [0.717, 1.165) is 33.6 Å². The van der Waals surface area contributed by atoms with Crippen molar-refractivity contribution in [1.82, 2.24) is 9.97 Å². The van der Waals surface area contributed by atoms with Gasteiger partial charge >= 0.3 is 0 Å². The predicted octanol–water partition coefficient (Wildman–Crippen LogP) is 4.05. The molecule has 1 aromatic carbocycles. The number of fused-ring (bicyclic) bond motifs is 1. The minimum absolute atomic E-state index is 0.688. The van der Waals surface area contributed by atoms with Gasteiger partial charge in [0.25, 0.3) is 0 Å². The number of hydrogen-bond donors (Lipinski definition) is 0. The lowest BCUT2D eigenvalue weighted by atomic mass is 9.98. The topological polar surface area (TPSA) is 38.1 Å². The van der Waals surface area contributed by atoms with Crippen LogP contribution in [0.1, 0.15) is 16.8 Å². The summed E-state index contributed by atoms with van der Waals surface area (Å²) in [7, 11) is 0. The molecule has 4 rings (SSSR count). The Morgan fingerprint density at radius 1 is 0.955 bits per heavy atom. The van der Waals surface area contributed by atoms with Crippen LogP contribution in [-0.4, -0.2) is 16.2 Å². The first-order valence-electron chi connectivity index (χ1n) is 7.32. The van der Waals surface area contributed by atoms with Crippen LogP contribution in [0.25, 0.3) is 22.4 Å². The smallest absolute Gasteiger partial charge is 0.0818 e. The van der Waals surface area contributed by atoms with E-state index in [9.17, 15) is 0 Å². The third-order valence-corrected chi connectivity index (χ3v) is 3.89. The van der Waals surface area contributed by atoms with Gasteiger partial charge in [0.15, 0.2) is 0 Å². The van der Waals surface area contributed by atoms with E-state index < -0.39 is 0 Å². The standard InChI is InChI=1S/C19H15N3/c1-13-4-2-5-14(8-13)19-17(6-3-7-21-19)15-9-16-10-20-12-18(16)22-11-15/h2-11H,12H2,1H3. The SMILES string of the molecule is Cc1cccc(-c2ncccc2-c2cnc3c(c2)C=NC3)c1. The van der Waals surface area contributed by atoms with Crippen molar-refractivity contribution in [2.75, 3.05) is 0 Å². The van der Waals surface area contributed by atoms with Crippen LogP contribution in [0.3, 0.4) is 0 Å². The van der Waals surface area contributed by atoms with Crippen molar-refractivity contribution < 1.29 is 0 Å². The fourth-order valence-corrected chi connectivity index (χ4v) is 2.79. The molecule has 0 spiro atoms. The molecular weight excluding hydrogens is 270 g/mol. The molecule has 22 heavy (non-hydrogen) atoms. The second kappa shape index (κ2) is 5.19. The summed E-state index contributed by atoms with van der Waals surface area (Å²) in [5.74, 6) is 0. The molecule has 3 heteroatoms. The van der Waals surface area contributed by atoms with E-state index in [1.807, 2.05) is 24.7 Å². The highest BCUT2D eigenvalue weighted by Crippen LogP contribution is 2.31. The van der Waals surface area contributed by atoms with E-state index in [0.29, 0.717) is 6.54 Å². The molecule has 3 heterocycles. The third kappa shape index (κ3) is 2.21. The lowest BCUT2D eigenvalue weighted by Crippen LogP contribution is -1.94. The average Bonchev–Trinajstić information content (AvgIpc) is 3.02. The number of hydrogen-bond acceptors (Lipinski definition) is 3. The lowest BCUT2D eigenvalue weighted by molar-refractivity contribution is 1.02. The summed E-state index contributed by atoms with van der Waals surface area (Å²) in [4.78, 5) is 13.4. The summed E-state index contributed by atoms with van der Waals surface area (Å²) >= 11 is 0. The van der Waals surface area contributed by atoms with E-state index in [1.165, 1.54) is 5.56 Å². The van der Waals surface area contributed by atoms with E-state index in [1.54, 1.807) is 0 Å². The Morgan fingerprint density at radius 2 is 1.91 bits per heavy atom. The highest BCUT2D eigenvalue weighted by Gasteiger charge is 2.13. The molecule has 3 nitrogen and oxygen atoms in total. The van der Waals surface area contributed by atoms with Gasteiger partial charge in [-0.1, -0.05) is 29.8 Å². The van der Waals surface area contributed by atoms with Crippen LogP contribution in [0.15, 0.2) is 59.9 Å². The van der Waals surface area contributed by atoms with E-state index >= 15 is 0 Å². The Bertz CT molecular complexity index is 881. The summed E-state index contributed by atoms with van der Waals surface area (Å²) in [6.07, 6.45) is 5.65. The molecule has 0 radical (unpaired) electrons. The molecule has 0 bridgehead atoms. The number of nitrogens with zero attached hydrogens (tertiary/aromatic N) is 3. The second-order valence-electron chi connectivity index (χ2n) is 5.50. The number of aliphatic imine (C=N–C) groups is 1. The molecule has 106 valence electrons. The van der Waals surface area contributed by atoms with Crippen molar-refractivity contribution >= 4 is 6.21 Å². The quantitative estimate of drug-likeness (QED) is 0.712. The Hall–Kier alpha value is -2.81. The molecule has 1 aliphatic rings. The Kier molecular flexibility index (Phi) is 3.04. The van der Waals surface area contributed by atoms with E-state index in [-0.39, 0.29) is 0 Å². The van der Waals surface area contributed by atoms with Crippen LogP contribution in [0.5, 0.6) is 0 Å². The summed E-state index contributed by atoms with van der Waals surface area (Å²) in [6, 6.07) is 14.6. The average molecular weight is 285 g/mol. The van der Waals surface area contributed by atoms with Gasteiger partial charge in [-0.2, -0.15) is 0 Å². The number of aryl methyl sites for hydroxylation is 1. The van der Waals surface area contributed by atoms with Gasteiger partial charge in [-0.3, -0.25) is 15.0 Å². The summed E-state index contributed by atoms with van der Waals surface area (Å²) < 4.78 is 0. The van der Waals surface area contributed by atoms with Crippen LogP contribution in [0, 0.1) is 6.92 Å². The first kappa shape index (κ1) is 12.9. The van der Waals surface area contributed by atoms with E-state index in [4.69, 9.17) is 0 Å². The summed E-state index contributed by atoms with van der Waals surface area (Å²) in [5.41, 5.74) is 7.68. The predicted molar refractivity (Wildman–Crippen MR) is 88.9 cm³/mol. The molecule has 0 aliphatic carbocycles. The number of pyridine rings is 2. The van der Waals surface area contributed by atoms with Gasteiger partial charge in [-0.25, -0.2) is 0 Å². The highest BCUT2D eigenvalue weighted by atomic mass is 14.8. The van der Waals surface area contributed by atoms with Gasteiger partial charge < -0.3 is 0 Å². The lowest BCUT2D eigenvalue weighted by Gasteiger charge is -2.10. The van der Waals surface area contributed by atoms with Gasteiger partial charge in [0, 0.05) is 40.9 Å².